The fraction of sp³-hybridized carbons (Fsp3) is 0. The van der Waals surface area contributed by atoms with Crippen molar-refractivity contribution in [2.24, 2.45) is 5.73 Å². The maximum Gasteiger partial charge on any atom is 0.252 e. The lowest BCUT2D eigenvalue weighted by molar-refractivity contribution is 0.0998. The Bertz CT molecular complexity index is 836. The maximum absolute atomic E-state index is 11.4. The Morgan fingerprint density at radius 3 is 2.57 bits per heavy atom. The smallest absolute Gasteiger partial charge is 0.252 e. The van der Waals surface area contributed by atoms with E-state index in [1.54, 1.807) is 30.3 Å². The monoisotopic (exact) mass is 299 g/mol. The molecule has 0 bridgehead atoms. The second kappa shape index (κ2) is 5.38. The van der Waals surface area contributed by atoms with Gasteiger partial charge in [0.05, 0.1) is 16.5 Å². The van der Waals surface area contributed by atoms with Gasteiger partial charge in [-0.25, -0.2) is 4.98 Å². The molecular formula is C15H10ClN3O2. The SMILES string of the molecule is NC(=O)c1ccccc1Oc1nc(Cl)nc2ccccc12. The Kier molecular flexibility index (Phi) is 3.41. The highest BCUT2D eigenvalue weighted by atomic mass is 35.5. The summed E-state index contributed by atoms with van der Waals surface area (Å²) < 4.78 is 5.73. The zero-order valence-electron chi connectivity index (χ0n) is 10.8. The topological polar surface area (TPSA) is 78.1 Å². The highest BCUT2D eigenvalue weighted by Crippen LogP contribution is 2.30. The summed E-state index contributed by atoms with van der Waals surface area (Å²) in [7, 11) is 0. The normalized spacial score (nSPS) is 10.5. The molecule has 0 atom stereocenters. The summed E-state index contributed by atoms with van der Waals surface area (Å²) in [5.41, 5.74) is 6.26. The van der Waals surface area contributed by atoms with Crippen molar-refractivity contribution in [1.29, 1.82) is 0 Å². The number of nitrogens with zero attached hydrogens (tertiary/aromatic N) is 2. The summed E-state index contributed by atoms with van der Waals surface area (Å²) in [4.78, 5) is 19.6. The van der Waals surface area contributed by atoms with E-state index >= 15 is 0 Å². The van der Waals surface area contributed by atoms with E-state index in [4.69, 9.17) is 22.1 Å². The third kappa shape index (κ3) is 2.64. The molecule has 104 valence electrons. The van der Waals surface area contributed by atoms with E-state index in [0.717, 1.165) is 0 Å². The zero-order chi connectivity index (χ0) is 14.8. The molecule has 0 radical (unpaired) electrons. The summed E-state index contributed by atoms with van der Waals surface area (Å²) in [5.74, 6) is 0.0271. The predicted octanol–water partition coefficient (Wildman–Crippen LogP) is 3.17. The van der Waals surface area contributed by atoms with E-state index in [1.807, 2.05) is 18.2 Å². The van der Waals surface area contributed by atoms with E-state index in [9.17, 15) is 4.79 Å². The summed E-state index contributed by atoms with van der Waals surface area (Å²) in [6, 6.07) is 14.0. The van der Waals surface area contributed by atoms with Crippen LogP contribution < -0.4 is 10.5 Å². The number of primary amides is 1. The molecular weight excluding hydrogens is 290 g/mol. The van der Waals surface area contributed by atoms with Gasteiger partial charge in [0.1, 0.15) is 5.75 Å². The van der Waals surface area contributed by atoms with Crippen LogP contribution in [-0.4, -0.2) is 15.9 Å². The molecule has 5 nitrogen and oxygen atoms in total. The lowest BCUT2D eigenvalue weighted by atomic mass is 10.2. The van der Waals surface area contributed by atoms with Crippen molar-refractivity contribution >= 4 is 28.4 Å². The molecule has 0 fully saturated rings. The lowest BCUT2D eigenvalue weighted by Crippen LogP contribution is -2.12. The van der Waals surface area contributed by atoms with Crippen molar-refractivity contribution in [3.8, 4) is 11.6 Å². The predicted molar refractivity (Wildman–Crippen MR) is 79.6 cm³/mol. The van der Waals surface area contributed by atoms with Gasteiger partial charge in [-0.3, -0.25) is 4.79 Å². The molecule has 3 rings (SSSR count). The number of carbonyl (C=O) groups is 1. The molecule has 6 heteroatoms. The van der Waals surface area contributed by atoms with Gasteiger partial charge in [0.15, 0.2) is 0 Å². The van der Waals surface area contributed by atoms with E-state index in [1.165, 1.54) is 0 Å². The Balaban J connectivity index is 2.13. The van der Waals surface area contributed by atoms with Crippen LogP contribution in [0.2, 0.25) is 5.28 Å². The number of fused-ring (bicyclic) bond motifs is 1. The van der Waals surface area contributed by atoms with E-state index in [0.29, 0.717) is 16.7 Å². The number of ether oxygens (including phenoxy) is 1. The largest absolute Gasteiger partial charge is 0.437 e. The van der Waals surface area contributed by atoms with Gasteiger partial charge in [0, 0.05) is 0 Å². The number of benzene rings is 2. The number of halogens is 1. The van der Waals surface area contributed by atoms with Gasteiger partial charge in [0.25, 0.3) is 5.91 Å². The van der Waals surface area contributed by atoms with Gasteiger partial charge in [-0.15, -0.1) is 0 Å². The van der Waals surface area contributed by atoms with E-state index < -0.39 is 5.91 Å². The molecule has 2 aromatic carbocycles. The Labute approximate surface area is 125 Å². The van der Waals surface area contributed by atoms with Crippen LogP contribution in [0.25, 0.3) is 10.9 Å². The van der Waals surface area contributed by atoms with Gasteiger partial charge >= 0.3 is 0 Å². The number of aromatic nitrogens is 2. The fourth-order valence-electron chi connectivity index (χ4n) is 1.96. The second-order valence-electron chi connectivity index (χ2n) is 4.28. The van der Waals surface area contributed by atoms with Crippen molar-refractivity contribution in [2.75, 3.05) is 0 Å². The first-order valence-corrected chi connectivity index (χ1v) is 6.52. The first kappa shape index (κ1) is 13.3. The summed E-state index contributed by atoms with van der Waals surface area (Å²) in [6.07, 6.45) is 0. The van der Waals surface area contributed by atoms with Crippen LogP contribution in [0.5, 0.6) is 11.6 Å². The number of rotatable bonds is 3. The highest BCUT2D eigenvalue weighted by molar-refractivity contribution is 6.28. The number of carbonyl (C=O) groups excluding carboxylic acids is 1. The molecule has 21 heavy (non-hydrogen) atoms. The molecule has 0 aliphatic rings. The number of amides is 1. The summed E-state index contributed by atoms with van der Waals surface area (Å²) in [5, 5.41) is 0.765. The minimum Gasteiger partial charge on any atom is -0.437 e. The number of nitrogens with two attached hydrogens (primary N) is 1. The van der Waals surface area contributed by atoms with Gasteiger partial charge in [0.2, 0.25) is 11.2 Å². The van der Waals surface area contributed by atoms with E-state index in [2.05, 4.69) is 9.97 Å². The second-order valence-corrected chi connectivity index (χ2v) is 4.62. The molecule has 0 spiro atoms. The van der Waals surface area contributed by atoms with Crippen LogP contribution in [-0.2, 0) is 0 Å². The van der Waals surface area contributed by atoms with Crippen molar-refractivity contribution in [1.82, 2.24) is 9.97 Å². The number of hydrogen-bond donors (Lipinski definition) is 1. The van der Waals surface area contributed by atoms with E-state index in [-0.39, 0.29) is 16.7 Å². The third-order valence-corrected chi connectivity index (χ3v) is 3.07. The summed E-state index contributed by atoms with van der Waals surface area (Å²) >= 11 is 5.90. The first-order valence-electron chi connectivity index (χ1n) is 6.14. The first-order chi connectivity index (χ1) is 10.1. The molecule has 1 heterocycles. The van der Waals surface area contributed by atoms with Crippen LogP contribution in [0.15, 0.2) is 48.5 Å². The molecule has 0 unspecified atom stereocenters. The van der Waals surface area contributed by atoms with Crippen molar-refractivity contribution in [3.63, 3.8) is 0 Å². The molecule has 1 aromatic heterocycles. The lowest BCUT2D eigenvalue weighted by Gasteiger charge is -2.10. The molecule has 0 aliphatic heterocycles. The zero-order valence-corrected chi connectivity index (χ0v) is 11.5. The molecule has 0 saturated carbocycles. The van der Waals surface area contributed by atoms with Crippen molar-refractivity contribution < 1.29 is 9.53 Å². The minimum absolute atomic E-state index is 0.0697. The molecule has 1 amide bonds. The van der Waals surface area contributed by atoms with Crippen molar-refractivity contribution in [2.45, 2.75) is 0 Å². The standard InChI is InChI=1S/C15H10ClN3O2/c16-15-18-11-7-3-1-5-9(11)14(19-15)21-12-8-4-2-6-10(12)13(17)20/h1-8H,(H2,17,20). The van der Waals surface area contributed by atoms with Crippen LogP contribution in [0.1, 0.15) is 10.4 Å². The van der Waals surface area contributed by atoms with Crippen LogP contribution in [0.4, 0.5) is 0 Å². The third-order valence-electron chi connectivity index (χ3n) is 2.90. The average molecular weight is 300 g/mol. The Morgan fingerprint density at radius 2 is 1.76 bits per heavy atom. The average Bonchev–Trinajstić information content (AvgIpc) is 2.47. The highest BCUT2D eigenvalue weighted by Gasteiger charge is 2.13. The fourth-order valence-corrected chi connectivity index (χ4v) is 2.13. The molecule has 3 aromatic rings. The number of para-hydroxylation sites is 2. The van der Waals surface area contributed by atoms with Gasteiger partial charge in [-0.05, 0) is 35.9 Å². The van der Waals surface area contributed by atoms with Crippen LogP contribution in [0.3, 0.4) is 0 Å². The van der Waals surface area contributed by atoms with Gasteiger partial charge in [-0.2, -0.15) is 4.98 Å². The Hall–Kier alpha value is -2.66. The number of hydrogen-bond acceptors (Lipinski definition) is 4. The van der Waals surface area contributed by atoms with Crippen LogP contribution in [0, 0.1) is 0 Å². The summed E-state index contributed by atoms with van der Waals surface area (Å²) in [6.45, 7) is 0. The van der Waals surface area contributed by atoms with Crippen LogP contribution >= 0.6 is 11.6 Å². The maximum atomic E-state index is 11.4. The minimum atomic E-state index is -0.574. The molecule has 2 N–H and O–H groups in total. The Morgan fingerprint density at radius 1 is 1.05 bits per heavy atom. The van der Waals surface area contributed by atoms with Crippen molar-refractivity contribution in [3.05, 3.63) is 59.4 Å². The molecule has 0 saturated heterocycles. The van der Waals surface area contributed by atoms with Gasteiger partial charge in [-0.1, -0.05) is 24.3 Å². The molecule has 0 aliphatic carbocycles. The quantitative estimate of drug-likeness (QED) is 0.753. The van der Waals surface area contributed by atoms with Gasteiger partial charge < -0.3 is 10.5 Å².